The van der Waals surface area contributed by atoms with Crippen molar-refractivity contribution in [1.82, 2.24) is 5.32 Å². The minimum atomic E-state index is -1.32. The molecule has 0 fully saturated rings. The van der Waals surface area contributed by atoms with Gasteiger partial charge in [-0.1, -0.05) is 0 Å². The molecule has 1 atom stereocenters. The summed E-state index contributed by atoms with van der Waals surface area (Å²) in [5, 5.41) is 27.1. The highest BCUT2D eigenvalue weighted by atomic mass is 32.1. The van der Waals surface area contributed by atoms with E-state index in [0.29, 0.717) is 5.56 Å². The number of thiophene rings is 1. The van der Waals surface area contributed by atoms with Crippen LogP contribution in [-0.2, 0) is 5.60 Å². The van der Waals surface area contributed by atoms with Gasteiger partial charge in [0.25, 0.3) is 11.6 Å². The van der Waals surface area contributed by atoms with Gasteiger partial charge in [0.1, 0.15) is 17.0 Å². The average Bonchev–Trinajstić information content (AvgIpc) is 2.99. The number of carbonyl (C=O) groups is 1. The van der Waals surface area contributed by atoms with Gasteiger partial charge in [-0.25, -0.2) is 4.39 Å². The van der Waals surface area contributed by atoms with Crippen molar-refractivity contribution in [2.24, 2.45) is 0 Å². The lowest BCUT2D eigenvalue weighted by Gasteiger charge is -2.22. The number of carbonyl (C=O) groups excluding carboxylic acids is 1. The van der Waals surface area contributed by atoms with E-state index in [-0.39, 0.29) is 12.1 Å². The quantitative estimate of drug-likeness (QED) is 0.652. The molecule has 0 radical (unpaired) electrons. The van der Waals surface area contributed by atoms with Gasteiger partial charge in [-0.3, -0.25) is 14.9 Å². The standard InChI is InChI=1S/C14H13FN2O4S/c1-14(19,9-4-5-22-7-9)8-16-13(18)11-6-10(15)2-3-12(11)17(20)21/h2-7,19H,8H2,1H3,(H,16,18). The van der Waals surface area contributed by atoms with E-state index >= 15 is 0 Å². The van der Waals surface area contributed by atoms with E-state index in [1.807, 2.05) is 0 Å². The second-order valence-electron chi connectivity index (χ2n) is 4.89. The number of amides is 1. The zero-order chi connectivity index (χ0) is 16.3. The molecule has 0 bridgehead atoms. The molecule has 1 heterocycles. The van der Waals surface area contributed by atoms with Crippen LogP contribution in [-0.4, -0.2) is 22.5 Å². The number of hydrogen-bond donors (Lipinski definition) is 2. The molecule has 0 saturated carbocycles. The number of nitrogens with one attached hydrogen (secondary N) is 1. The summed E-state index contributed by atoms with van der Waals surface area (Å²) in [6.45, 7) is 1.35. The molecule has 0 spiro atoms. The Bertz CT molecular complexity index is 701. The normalized spacial score (nSPS) is 13.4. The van der Waals surface area contributed by atoms with Gasteiger partial charge in [-0.05, 0) is 41.4 Å². The number of nitro groups is 1. The van der Waals surface area contributed by atoms with Crippen LogP contribution in [0.1, 0.15) is 22.8 Å². The van der Waals surface area contributed by atoms with Crippen molar-refractivity contribution in [3.05, 3.63) is 62.1 Å². The first-order valence-corrected chi connectivity index (χ1v) is 7.23. The summed E-state index contributed by atoms with van der Waals surface area (Å²) in [5.74, 6) is -1.57. The van der Waals surface area contributed by atoms with E-state index in [9.17, 15) is 24.4 Å². The van der Waals surface area contributed by atoms with Crippen LogP contribution >= 0.6 is 11.3 Å². The van der Waals surface area contributed by atoms with Crippen LogP contribution in [0, 0.1) is 15.9 Å². The Labute approximate surface area is 129 Å². The number of nitro benzene ring substituents is 1. The molecule has 0 saturated heterocycles. The molecule has 0 aliphatic heterocycles. The Morgan fingerprint density at radius 2 is 2.23 bits per heavy atom. The highest BCUT2D eigenvalue weighted by Crippen LogP contribution is 2.23. The van der Waals surface area contributed by atoms with Gasteiger partial charge in [-0.15, -0.1) is 0 Å². The maximum absolute atomic E-state index is 13.2. The molecule has 1 aromatic carbocycles. The molecular weight excluding hydrogens is 311 g/mol. The van der Waals surface area contributed by atoms with E-state index in [1.54, 1.807) is 16.8 Å². The minimum absolute atomic E-state index is 0.157. The van der Waals surface area contributed by atoms with Crippen LogP contribution < -0.4 is 5.32 Å². The molecule has 116 valence electrons. The number of nitrogens with zero attached hydrogens (tertiary/aromatic N) is 1. The average molecular weight is 324 g/mol. The lowest BCUT2D eigenvalue weighted by atomic mass is 9.99. The Kier molecular flexibility index (Phi) is 4.53. The van der Waals surface area contributed by atoms with E-state index in [2.05, 4.69) is 5.32 Å². The van der Waals surface area contributed by atoms with Crippen LogP contribution in [0.25, 0.3) is 0 Å². The maximum Gasteiger partial charge on any atom is 0.282 e. The van der Waals surface area contributed by atoms with Crippen LogP contribution in [0.4, 0.5) is 10.1 Å². The molecule has 0 aliphatic carbocycles. The lowest BCUT2D eigenvalue weighted by molar-refractivity contribution is -0.385. The number of benzene rings is 1. The highest BCUT2D eigenvalue weighted by Gasteiger charge is 2.26. The number of aliphatic hydroxyl groups is 1. The summed E-state index contributed by atoms with van der Waals surface area (Å²) in [6.07, 6.45) is 0. The van der Waals surface area contributed by atoms with Crippen molar-refractivity contribution < 1.29 is 19.2 Å². The molecule has 22 heavy (non-hydrogen) atoms. The molecule has 2 rings (SSSR count). The Morgan fingerprint density at radius 3 is 2.82 bits per heavy atom. The van der Waals surface area contributed by atoms with E-state index < -0.39 is 27.9 Å². The first-order chi connectivity index (χ1) is 10.3. The van der Waals surface area contributed by atoms with E-state index in [4.69, 9.17) is 0 Å². The molecule has 1 amide bonds. The van der Waals surface area contributed by atoms with Crippen molar-refractivity contribution in [3.63, 3.8) is 0 Å². The van der Waals surface area contributed by atoms with Gasteiger partial charge >= 0.3 is 0 Å². The fourth-order valence-corrected chi connectivity index (χ4v) is 2.65. The predicted octanol–water partition coefficient (Wildman–Crippen LogP) is 2.43. The molecule has 2 aromatic rings. The fourth-order valence-electron chi connectivity index (χ4n) is 1.87. The third-order valence-electron chi connectivity index (χ3n) is 3.14. The predicted molar refractivity (Wildman–Crippen MR) is 79.3 cm³/mol. The summed E-state index contributed by atoms with van der Waals surface area (Å²) in [5.41, 5.74) is -1.58. The van der Waals surface area contributed by atoms with Crippen molar-refractivity contribution in [1.29, 1.82) is 0 Å². The number of rotatable bonds is 5. The molecule has 8 heteroatoms. The van der Waals surface area contributed by atoms with Crippen molar-refractivity contribution >= 4 is 22.9 Å². The van der Waals surface area contributed by atoms with Gasteiger partial charge in [0.05, 0.1) is 11.5 Å². The Morgan fingerprint density at radius 1 is 1.50 bits per heavy atom. The largest absolute Gasteiger partial charge is 0.384 e. The first kappa shape index (κ1) is 16.1. The molecule has 1 aromatic heterocycles. The van der Waals surface area contributed by atoms with Gasteiger partial charge in [-0.2, -0.15) is 11.3 Å². The molecule has 6 nitrogen and oxygen atoms in total. The van der Waals surface area contributed by atoms with E-state index in [0.717, 1.165) is 18.2 Å². The van der Waals surface area contributed by atoms with Gasteiger partial charge in [0, 0.05) is 6.07 Å². The maximum atomic E-state index is 13.2. The fraction of sp³-hybridized carbons (Fsp3) is 0.214. The summed E-state index contributed by atoms with van der Waals surface area (Å²) < 4.78 is 13.2. The highest BCUT2D eigenvalue weighted by molar-refractivity contribution is 7.08. The van der Waals surface area contributed by atoms with Gasteiger partial charge in [0.2, 0.25) is 0 Å². The van der Waals surface area contributed by atoms with Crippen molar-refractivity contribution in [2.45, 2.75) is 12.5 Å². The zero-order valence-electron chi connectivity index (χ0n) is 11.6. The summed E-state index contributed by atoms with van der Waals surface area (Å²) in [6, 6.07) is 4.35. The molecule has 1 unspecified atom stereocenters. The molecular formula is C14H13FN2O4S. The summed E-state index contributed by atoms with van der Waals surface area (Å²) in [4.78, 5) is 22.2. The number of hydrogen-bond acceptors (Lipinski definition) is 5. The van der Waals surface area contributed by atoms with Crippen LogP contribution in [0.2, 0.25) is 0 Å². The Hall–Kier alpha value is -2.32. The summed E-state index contributed by atoms with van der Waals surface area (Å²) in [7, 11) is 0. The Balaban J connectivity index is 2.16. The first-order valence-electron chi connectivity index (χ1n) is 6.28. The second kappa shape index (κ2) is 6.20. The zero-order valence-corrected chi connectivity index (χ0v) is 12.4. The number of halogens is 1. The topological polar surface area (TPSA) is 92.5 Å². The van der Waals surface area contributed by atoms with Gasteiger partial charge in [0.15, 0.2) is 0 Å². The smallest absolute Gasteiger partial charge is 0.282 e. The van der Waals surface area contributed by atoms with Crippen LogP contribution in [0.3, 0.4) is 0 Å². The SMILES string of the molecule is CC(O)(CNC(=O)c1cc(F)ccc1[N+](=O)[O-])c1ccsc1. The second-order valence-corrected chi connectivity index (χ2v) is 5.67. The minimum Gasteiger partial charge on any atom is -0.384 e. The van der Waals surface area contributed by atoms with Crippen molar-refractivity contribution in [3.8, 4) is 0 Å². The summed E-state index contributed by atoms with van der Waals surface area (Å²) >= 11 is 1.39. The lowest BCUT2D eigenvalue weighted by Crippen LogP contribution is -2.38. The van der Waals surface area contributed by atoms with Crippen LogP contribution in [0.5, 0.6) is 0 Å². The third kappa shape index (κ3) is 3.46. The molecule has 0 aliphatic rings. The molecule has 2 N–H and O–H groups in total. The van der Waals surface area contributed by atoms with Crippen LogP contribution in [0.15, 0.2) is 35.0 Å². The third-order valence-corrected chi connectivity index (χ3v) is 3.82. The van der Waals surface area contributed by atoms with Crippen molar-refractivity contribution in [2.75, 3.05) is 6.54 Å². The van der Waals surface area contributed by atoms with E-state index in [1.165, 1.54) is 18.3 Å². The van der Waals surface area contributed by atoms with Gasteiger partial charge < -0.3 is 10.4 Å². The monoisotopic (exact) mass is 324 g/mol.